The van der Waals surface area contributed by atoms with Crippen molar-refractivity contribution in [3.63, 3.8) is 0 Å². The molecule has 3 heteroatoms. The van der Waals surface area contributed by atoms with Gasteiger partial charge in [0.1, 0.15) is 5.82 Å². The average molecular weight is 249 g/mol. The summed E-state index contributed by atoms with van der Waals surface area (Å²) in [6.45, 7) is 0. The summed E-state index contributed by atoms with van der Waals surface area (Å²) in [5.41, 5.74) is 8.84. The second kappa shape index (κ2) is 4.75. The Morgan fingerprint density at radius 2 is 2.16 bits per heavy atom. The lowest BCUT2D eigenvalue weighted by Crippen LogP contribution is -2.01. The maximum Gasteiger partial charge on any atom is 0.130 e. The third-order valence-electron chi connectivity index (χ3n) is 3.36. The Hall–Kier alpha value is -2.31. The van der Waals surface area contributed by atoms with Gasteiger partial charge in [0.2, 0.25) is 0 Å². The number of terminal acetylenes is 1. The van der Waals surface area contributed by atoms with E-state index in [2.05, 4.69) is 22.3 Å². The Morgan fingerprint density at radius 3 is 2.79 bits per heavy atom. The highest BCUT2D eigenvalue weighted by molar-refractivity contribution is 5.58. The molecule has 0 amide bonds. The van der Waals surface area contributed by atoms with Crippen LogP contribution in [0.5, 0.6) is 0 Å². The van der Waals surface area contributed by atoms with E-state index in [9.17, 15) is 0 Å². The lowest BCUT2D eigenvalue weighted by atomic mass is 10.2. The smallest absolute Gasteiger partial charge is 0.130 e. The minimum absolute atomic E-state index is 0.313. The van der Waals surface area contributed by atoms with Crippen LogP contribution >= 0.6 is 0 Å². The van der Waals surface area contributed by atoms with E-state index in [1.807, 2.05) is 36.5 Å². The van der Waals surface area contributed by atoms with Gasteiger partial charge in [0.05, 0.1) is 0 Å². The zero-order valence-corrected chi connectivity index (χ0v) is 10.5. The highest BCUT2D eigenvalue weighted by Gasteiger charge is 2.34. The first-order chi connectivity index (χ1) is 9.26. The molecule has 1 saturated carbocycles. The predicted octanol–water partition coefficient (Wildman–Crippen LogP) is 2.62. The van der Waals surface area contributed by atoms with Crippen molar-refractivity contribution < 1.29 is 0 Å². The minimum atomic E-state index is 0.313. The van der Waals surface area contributed by atoms with Gasteiger partial charge in [0.25, 0.3) is 0 Å². The van der Waals surface area contributed by atoms with Crippen LogP contribution in [0.1, 0.15) is 23.5 Å². The average Bonchev–Trinajstić information content (AvgIpc) is 3.17. The van der Waals surface area contributed by atoms with E-state index in [1.165, 1.54) is 5.56 Å². The first-order valence-electron chi connectivity index (χ1n) is 6.31. The molecular weight excluding hydrogens is 234 g/mol. The fraction of sp³-hybridized carbons (Fsp3) is 0.188. The van der Waals surface area contributed by atoms with Crippen molar-refractivity contribution in [2.24, 2.45) is 5.73 Å². The SMILES string of the molecule is C#Cc1cccc(Nc2ccc([C@H]3C[C@@H]3N)cn2)c1. The fourth-order valence-corrected chi connectivity index (χ4v) is 2.13. The molecule has 1 aromatic carbocycles. The lowest BCUT2D eigenvalue weighted by molar-refractivity contribution is 0.981. The molecule has 2 atom stereocenters. The molecule has 2 aromatic rings. The summed E-state index contributed by atoms with van der Waals surface area (Å²) in [4.78, 5) is 4.41. The molecule has 0 aliphatic heterocycles. The molecule has 0 spiro atoms. The number of hydrogen-bond acceptors (Lipinski definition) is 3. The van der Waals surface area contributed by atoms with Crippen LogP contribution in [0.25, 0.3) is 0 Å². The van der Waals surface area contributed by atoms with E-state index in [4.69, 9.17) is 12.2 Å². The molecule has 0 bridgehead atoms. The summed E-state index contributed by atoms with van der Waals surface area (Å²) in [5, 5.41) is 3.24. The van der Waals surface area contributed by atoms with Gasteiger partial charge in [-0.15, -0.1) is 6.42 Å². The number of rotatable bonds is 3. The van der Waals surface area contributed by atoms with Gasteiger partial charge < -0.3 is 11.1 Å². The Labute approximate surface area is 112 Å². The van der Waals surface area contributed by atoms with Gasteiger partial charge in [-0.3, -0.25) is 0 Å². The van der Waals surface area contributed by atoms with Gasteiger partial charge in [-0.25, -0.2) is 4.98 Å². The van der Waals surface area contributed by atoms with Crippen LogP contribution in [-0.4, -0.2) is 11.0 Å². The molecule has 3 nitrogen and oxygen atoms in total. The fourth-order valence-electron chi connectivity index (χ4n) is 2.13. The van der Waals surface area contributed by atoms with Crippen molar-refractivity contribution in [1.82, 2.24) is 4.98 Å². The van der Waals surface area contributed by atoms with E-state index in [0.717, 1.165) is 23.5 Å². The molecule has 19 heavy (non-hydrogen) atoms. The second-order valence-electron chi connectivity index (χ2n) is 4.83. The summed E-state index contributed by atoms with van der Waals surface area (Å²) in [5.74, 6) is 3.92. The maximum atomic E-state index is 5.83. The van der Waals surface area contributed by atoms with Gasteiger partial charge in [-0.1, -0.05) is 18.1 Å². The van der Waals surface area contributed by atoms with Gasteiger partial charge >= 0.3 is 0 Å². The van der Waals surface area contributed by atoms with Gasteiger partial charge in [-0.2, -0.15) is 0 Å². The molecule has 1 aliphatic rings. The number of aromatic nitrogens is 1. The molecule has 3 rings (SSSR count). The van der Waals surface area contributed by atoms with Gasteiger partial charge in [-0.05, 0) is 36.2 Å². The number of hydrogen-bond donors (Lipinski definition) is 2. The van der Waals surface area contributed by atoms with Crippen molar-refractivity contribution in [1.29, 1.82) is 0 Å². The van der Waals surface area contributed by atoms with Crippen LogP contribution < -0.4 is 11.1 Å². The molecule has 0 unspecified atom stereocenters. The number of anilines is 2. The van der Waals surface area contributed by atoms with Crippen molar-refractivity contribution in [3.05, 3.63) is 53.7 Å². The van der Waals surface area contributed by atoms with Gasteiger partial charge in [0.15, 0.2) is 0 Å². The summed E-state index contributed by atoms with van der Waals surface area (Å²) in [6.07, 6.45) is 8.34. The van der Waals surface area contributed by atoms with E-state index in [0.29, 0.717) is 12.0 Å². The summed E-state index contributed by atoms with van der Waals surface area (Å²) in [7, 11) is 0. The minimum Gasteiger partial charge on any atom is -0.340 e. The molecule has 1 heterocycles. The molecule has 1 aliphatic carbocycles. The number of nitrogens with one attached hydrogen (secondary N) is 1. The standard InChI is InChI=1S/C16H15N3/c1-2-11-4-3-5-13(8-11)19-16-7-6-12(10-18-16)14-9-15(14)17/h1,3-8,10,14-15H,9,17H2,(H,18,19)/t14-,15+/m1/s1. The summed E-state index contributed by atoms with van der Waals surface area (Å²) >= 11 is 0. The summed E-state index contributed by atoms with van der Waals surface area (Å²) in [6, 6.07) is 12.1. The molecule has 3 N–H and O–H groups in total. The van der Waals surface area contributed by atoms with Crippen LogP contribution in [0.2, 0.25) is 0 Å². The molecule has 1 aromatic heterocycles. The number of pyridine rings is 1. The van der Waals surface area contributed by atoms with Crippen LogP contribution in [-0.2, 0) is 0 Å². The number of nitrogens with zero attached hydrogens (tertiary/aromatic N) is 1. The predicted molar refractivity (Wildman–Crippen MR) is 77.2 cm³/mol. The zero-order chi connectivity index (χ0) is 13.2. The molecule has 1 fully saturated rings. The topological polar surface area (TPSA) is 50.9 Å². The zero-order valence-electron chi connectivity index (χ0n) is 10.5. The van der Waals surface area contributed by atoms with Crippen molar-refractivity contribution >= 4 is 11.5 Å². The Bertz CT molecular complexity index is 625. The number of nitrogens with two attached hydrogens (primary N) is 1. The van der Waals surface area contributed by atoms with E-state index in [1.54, 1.807) is 0 Å². The normalized spacial score (nSPS) is 20.6. The molecule has 0 radical (unpaired) electrons. The molecule has 0 saturated heterocycles. The van der Waals surface area contributed by atoms with Crippen molar-refractivity contribution in [2.45, 2.75) is 18.4 Å². The Kier molecular flexibility index (Phi) is 2.94. The van der Waals surface area contributed by atoms with Crippen molar-refractivity contribution in [2.75, 3.05) is 5.32 Å². The Balaban J connectivity index is 1.74. The van der Waals surface area contributed by atoms with Gasteiger partial charge in [0, 0.05) is 29.4 Å². The van der Waals surface area contributed by atoms with Crippen LogP contribution in [0, 0.1) is 12.3 Å². The van der Waals surface area contributed by atoms with Crippen LogP contribution in [0.3, 0.4) is 0 Å². The van der Waals surface area contributed by atoms with E-state index < -0.39 is 0 Å². The first kappa shape index (κ1) is 11.8. The lowest BCUT2D eigenvalue weighted by Gasteiger charge is -2.06. The van der Waals surface area contributed by atoms with Crippen LogP contribution in [0.4, 0.5) is 11.5 Å². The van der Waals surface area contributed by atoms with Crippen molar-refractivity contribution in [3.8, 4) is 12.3 Å². The third kappa shape index (κ3) is 2.59. The van der Waals surface area contributed by atoms with Crippen LogP contribution in [0.15, 0.2) is 42.6 Å². The van der Waals surface area contributed by atoms with E-state index in [-0.39, 0.29) is 0 Å². The molecule has 94 valence electrons. The highest BCUT2D eigenvalue weighted by atomic mass is 15.0. The maximum absolute atomic E-state index is 5.83. The highest BCUT2D eigenvalue weighted by Crippen LogP contribution is 2.38. The monoisotopic (exact) mass is 249 g/mol. The first-order valence-corrected chi connectivity index (χ1v) is 6.31. The summed E-state index contributed by atoms with van der Waals surface area (Å²) < 4.78 is 0. The second-order valence-corrected chi connectivity index (χ2v) is 4.83. The largest absolute Gasteiger partial charge is 0.340 e. The van der Waals surface area contributed by atoms with E-state index >= 15 is 0 Å². The third-order valence-corrected chi connectivity index (χ3v) is 3.36. The number of benzene rings is 1. The quantitative estimate of drug-likeness (QED) is 0.822. The molecular formula is C16H15N3. The Morgan fingerprint density at radius 1 is 1.32 bits per heavy atom.